The molecule has 4 rings (SSSR count). The first kappa shape index (κ1) is 24.3. The van der Waals surface area contributed by atoms with Gasteiger partial charge in [-0.15, -0.1) is 10.2 Å². The van der Waals surface area contributed by atoms with E-state index in [-0.39, 0.29) is 18.7 Å². The van der Waals surface area contributed by atoms with Crippen molar-refractivity contribution in [3.63, 3.8) is 0 Å². The fourth-order valence-corrected chi connectivity index (χ4v) is 4.23. The molecule has 0 saturated carbocycles. The summed E-state index contributed by atoms with van der Waals surface area (Å²) in [7, 11) is 0. The van der Waals surface area contributed by atoms with Gasteiger partial charge < -0.3 is 14.8 Å². The summed E-state index contributed by atoms with van der Waals surface area (Å²) in [6, 6.07) is 8.69. The number of hydrogen-bond donors (Lipinski definition) is 1. The van der Waals surface area contributed by atoms with Gasteiger partial charge in [-0.25, -0.2) is 9.18 Å². The third-order valence-corrected chi connectivity index (χ3v) is 6.13. The number of anilines is 1. The number of rotatable bonds is 4. The maximum atomic E-state index is 14.4. The molecule has 0 radical (unpaired) electrons. The van der Waals surface area contributed by atoms with Gasteiger partial charge in [0.2, 0.25) is 0 Å². The smallest absolute Gasteiger partial charge is 0.311 e. The monoisotopic (exact) mass is 515 g/mol. The Balaban J connectivity index is 1.58. The van der Waals surface area contributed by atoms with Crippen LogP contribution in [0.2, 0.25) is 10.0 Å². The molecular formula is C22H19Cl2F4N5O. The Labute approximate surface area is 202 Å². The van der Waals surface area contributed by atoms with Crippen molar-refractivity contribution in [3.8, 4) is 0 Å². The van der Waals surface area contributed by atoms with Gasteiger partial charge in [0.25, 0.3) is 0 Å². The van der Waals surface area contributed by atoms with Crippen LogP contribution < -0.4 is 5.32 Å². The summed E-state index contributed by atoms with van der Waals surface area (Å²) < 4.78 is 55.7. The standard InChI is InChI=1S/C22H19Cl2F4N5O/c1-12-30-31-20(32(12)10-13-2-4-14(23)5-3-13)19-8-15(25)11-33(19)21(34)29-16-6-7-18(24)17(9-16)22(26,27)28/h2-7,9,15,19H,8,10-11H2,1H3,(H,29,34)/t15?,19-/m1/s1. The molecule has 0 aliphatic carbocycles. The summed E-state index contributed by atoms with van der Waals surface area (Å²) in [5, 5.41) is 10.8. The third-order valence-electron chi connectivity index (χ3n) is 5.55. The Hall–Kier alpha value is -2.85. The number of nitrogens with zero attached hydrogens (tertiary/aromatic N) is 4. The topological polar surface area (TPSA) is 63.1 Å². The SMILES string of the molecule is Cc1nnc([C@H]2CC(F)CN2C(=O)Nc2ccc(Cl)c(C(F)(F)F)c2)n1Cc1ccc(Cl)cc1. The molecular weight excluding hydrogens is 497 g/mol. The van der Waals surface area contributed by atoms with E-state index in [1.807, 2.05) is 12.1 Å². The number of carbonyl (C=O) groups excluding carboxylic acids is 1. The van der Waals surface area contributed by atoms with Crippen LogP contribution in [0.3, 0.4) is 0 Å². The molecule has 1 N–H and O–H groups in total. The molecule has 1 aromatic heterocycles. The Morgan fingerprint density at radius 2 is 1.85 bits per heavy atom. The van der Waals surface area contributed by atoms with Gasteiger partial charge in [0.15, 0.2) is 5.82 Å². The van der Waals surface area contributed by atoms with Gasteiger partial charge in [-0.2, -0.15) is 13.2 Å². The fraction of sp³-hybridized carbons (Fsp3) is 0.318. The summed E-state index contributed by atoms with van der Waals surface area (Å²) >= 11 is 11.6. The van der Waals surface area contributed by atoms with E-state index in [0.717, 1.165) is 17.7 Å². The quantitative estimate of drug-likeness (QED) is 0.416. The lowest BCUT2D eigenvalue weighted by Gasteiger charge is -2.25. The van der Waals surface area contributed by atoms with Gasteiger partial charge in [-0.05, 0) is 42.8 Å². The van der Waals surface area contributed by atoms with Crippen molar-refractivity contribution in [1.82, 2.24) is 19.7 Å². The highest BCUT2D eigenvalue weighted by atomic mass is 35.5. The number of nitrogens with one attached hydrogen (secondary N) is 1. The molecule has 2 heterocycles. The molecule has 3 aromatic rings. The van der Waals surface area contributed by atoms with Crippen LogP contribution in [0.15, 0.2) is 42.5 Å². The molecule has 1 unspecified atom stereocenters. The van der Waals surface area contributed by atoms with Crippen LogP contribution in [-0.4, -0.2) is 38.4 Å². The van der Waals surface area contributed by atoms with Crippen molar-refractivity contribution in [2.45, 2.75) is 38.3 Å². The number of hydrogen-bond acceptors (Lipinski definition) is 3. The van der Waals surface area contributed by atoms with Crippen molar-refractivity contribution in [2.75, 3.05) is 11.9 Å². The minimum atomic E-state index is -4.69. The number of likely N-dealkylation sites (tertiary alicyclic amines) is 1. The number of urea groups is 1. The summed E-state index contributed by atoms with van der Waals surface area (Å²) in [6.45, 7) is 1.88. The number of benzene rings is 2. The van der Waals surface area contributed by atoms with Gasteiger partial charge in [0.05, 0.1) is 29.7 Å². The lowest BCUT2D eigenvalue weighted by molar-refractivity contribution is -0.137. The van der Waals surface area contributed by atoms with E-state index in [1.54, 1.807) is 23.6 Å². The first-order valence-corrected chi connectivity index (χ1v) is 11.0. The molecule has 6 nitrogen and oxygen atoms in total. The van der Waals surface area contributed by atoms with Crippen molar-refractivity contribution in [3.05, 3.63) is 75.3 Å². The second kappa shape index (κ2) is 9.42. The molecule has 1 fully saturated rings. The van der Waals surface area contributed by atoms with Crippen LogP contribution in [-0.2, 0) is 12.7 Å². The van der Waals surface area contributed by atoms with Crippen LogP contribution in [0.25, 0.3) is 0 Å². The van der Waals surface area contributed by atoms with Crippen LogP contribution in [0, 0.1) is 6.92 Å². The second-order valence-electron chi connectivity index (χ2n) is 7.94. The van der Waals surface area contributed by atoms with E-state index in [2.05, 4.69) is 15.5 Å². The summed E-state index contributed by atoms with van der Waals surface area (Å²) in [5.74, 6) is 0.954. The molecule has 34 heavy (non-hydrogen) atoms. The van der Waals surface area contributed by atoms with Crippen molar-refractivity contribution < 1.29 is 22.4 Å². The third kappa shape index (κ3) is 5.12. The average Bonchev–Trinajstić information content (AvgIpc) is 3.32. The Bertz CT molecular complexity index is 1200. The van der Waals surface area contributed by atoms with Crippen LogP contribution >= 0.6 is 23.2 Å². The van der Waals surface area contributed by atoms with Crippen molar-refractivity contribution in [2.24, 2.45) is 0 Å². The van der Waals surface area contributed by atoms with Gasteiger partial charge in [0, 0.05) is 17.1 Å². The maximum Gasteiger partial charge on any atom is 0.417 e. The van der Waals surface area contributed by atoms with Crippen molar-refractivity contribution in [1.29, 1.82) is 0 Å². The molecule has 2 atom stereocenters. The summed E-state index contributed by atoms with van der Waals surface area (Å²) in [6.07, 6.45) is -6.03. The van der Waals surface area contributed by atoms with Gasteiger partial charge >= 0.3 is 12.2 Å². The van der Waals surface area contributed by atoms with E-state index in [0.29, 0.717) is 23.2 Å². The highest BCUT2D eigenvalue weighted by molar-refractivity contribution is 6.31. The second-order valence-corrected chi connectivity index (χ2v) is 8.79. The zero-order chi connectivity index (χ0) is 24.6. The number of carbonyl (C=O) groups is 1. The van der Waals surface area contributed by atoms with E-state index in [1.165, 1.54) is 11.0 Å². The Morgan fingerprint density at radius 1 is 1.15 bits per heavy atom. The van der Waals surface area contributed by atoms with E-state index in [9.17, 15) is 22.4 Å². The maximum absolute atomic E-state index is 14.4. The number of alkyl halides is 4. The Morgan fingerprint density at radius 3 is 2.53 bits per heavy atom. The summed E-state index contributed by atoms with van der Waals surface area (Å²) in [5.41, 5.74) is -0.284. The number of aromatic nitrogens is 3. The molecule has 1 saturated heterocycles. The molecule has 0 bridgehead atoms. The van der Waals surface area contributed by atoms with E-state index in [4.69, 9.17) is 23.2 Å². The van der Waals surface area contributed by atoms with Gasteiger partial charge in [-0.3, -0.25) is 0 Å². The van der Waals surface area contributed by atoms with Crippen LogP contribution in [0.4, 0.5) is 28.0 Å². The average molecular weight is 516 g/mol. The predicted molar refractivity (Wildman–Crippen MR) is 120 cm³/mol. The van der Waals surface area contributed by atoms with Crippen LogP contribution in [0.1, 0.15) is 35.2 Å². The normalized spacial score (nSPS) is 18.4. The molecule has 1 aliphatic rings. The van der Waals surface area contributed by atoms with E-state index >= 15 is 0 Å². The largest absolute Gasteiger partial charge is 0.417 e. The van der Waals surface area contributed by atoms with Gasteiger partial charge in [-0.1, -0.05) is 35.3 Å². The number of aryl methyl sites for hydroxylation is 1. The zero-order valence-electron chi connectivity index (χ0n) is 17.8. The fourth-order valence-electron chi connectivity index (χ4n) is 3.88. The Kier molecular flexibility index (Phi) is 6.73. The number of amides is 2. The minimum Gasteiger partial charge on any atom is -0.311 e. The highest BCUT2D eigenvalue weighted by Gasteiger charge is 2.40. The van der Waals surface area contributed by atoms with Crippen molar-refractivity contribution >= 4 is 34.9 Å². The van der Waals surface area contributed by atoms with Gasteiger partial charge in [0.1, 0.15) is 12.0 Å². The predicted octanol–water partition coefficient (Wildman–Crippen LogP) is 6.28. The minimum absolute atomic E-state index is 0.0133. The van der Waals surface area contributed by atoms with Crippen LogP contribution in [0.5, 0.6) is 0 Å². The molecule has 0 spiro atoms. The molecule has 2 aromatic carbocycles. The first-order chi connectivity index (χ1) is 16.0. The first-order valence-electron chi connectivity index (χ1n) is 10.3. The number of halogens is 6. The lowest BCUT2D eigenvalue weighted by Crippen LogP contribution is -2.36. The zero-order valence-corrected chi connectivity index (χ0v) is 19.3. The molecule has 180 valence electrons. The highest BCUT2D eigenvalue weighted by Crippen LogP contribution is 2.37. The lowest BCUT2D eigenvalue weighted by atomic mass is 10.1. The van der Waals surface area contributed by atoms with E-state index < -0.39 is 35.0 Å². The molecule has 12 heteroatoms. The molecule has 2 amide bonds. The molecule has 1 aliphatic heterocycles. The summed E-state index contributed by atoms with van der Waals surface area (Å²) in [4.78, 5) is 14.2.